The number of nitrogens with two attached hydrogens (primary N) is 2. The molecule has 0 atom stereocenters. The van der Waals surface area contributed by atoms with Crippen molar-refractivity contribution in [1.82, 2.24) is 0 Å². The second-order valence-electron chi connectivity index (χ2n) is 0.848. The van der Waals surface area contributed by atoms with E-state index in [9.17, 15) is 0 Å². The molecule has 7 heteroatoms. The van der Waals surface area contributed by atoms with Crippen LogP contribution < -0.4 is 11.5 Å². The molecule has 2 radical (unpaired) electrons. The van der Waals surface area contributed by atoms with Crippen molar-refractivity contribution in [2.24, 2.45) is 11.5 Å². The van der Waals surface area contributed by atoms with Crippen LogP contribution >= 0.6 is 0 Å². The first-order valence-corrected chi connectivity index (χ1v) is 3.15. The van der Waals surface area contributed by atoms with Gasteiger partial charge in [0.1, 0.15) is 0 Å². The molecule has 2 nitrogen and oxygen atoms in total. The van der Waals surface area contributed by atoms with Crippen molar-refractivity contribution in [3.05, 3.63) is 6.04 Å². The predicted octanol–water partition coefficient (Wildman–Crippen LogP) is -1.27. The summed E-state index contributed by atoms with van der Waals surface area (Å²) < 4.78 is 0. The van der Waals surface area contributed by atoms with Crippen molar-refractivity contribution in [2.45, 2.75) is 0 Å². The Morgan fingerprint density at radius 1 is 1.00 bits per heavy atom. The van der Waals surface area contributed by atoms with Crippen LogP contribution in [0.5, 0.6) is 0 Å². The third-order valence-corrected chi connectivity index (χ3v) is 1.14. The summed E-state index contributed by atoms with van der Waals surface area (Å²) in [5, 5.41) is 0. The molecule has 0 aromatic heterocycles. The first kappa shape index (κ1) is 125. The number of hydrogen-bond acceptors (Lipinski definition) is 2. The summed E-state index contributed by atoms with van der Waals surface area (Å²) in [6, 6.07) is 1.99. The fraction of sp³-hybridized carbons (Fsp3) is 0.667. The minimum Gasteiger partial charge on any atom is -0.360 e. The Morgan fingerprint density at radius 3 is 1.50 bits per heavy atom. The zero-order chi connectivity index (χ0) is 4.83. The molecule has 0 heterocycles. The van der Waals surface area contributed by atoms with Crippen LogP contribution in [0.25, 0.3) is 0 Å². The van der Waals surface area contributed by atoms with Gasteiger partial charge in [-0.05, 0) is 6.17 Å². The molecule has 0 unspecified atom stereocenters. The normalized spacial score (nSPS) is 5.40. The van der Waals surface area contributed by atoms with Gasteiger partial charge in [0.2, 0.25) is 0 Å². The Balaban J connectivity index is -0.0000000208. The molecule has 10 heavy (non-hydrogen) atoms. The standard InChI is InChI=1S/C3H9N2Si.4Rf/c4-1-2-6-3-5;;;;/h2H,1,3-5H2;;;;/q-1;;;;. The number of hydrogen-bond donors (Lipinski definition) is 2. The maximum absolute atomic E-state index is 5.14. The Hall–Kier alpha value is -3.86. The average molecular weight is 1170 g/mol. The Bertz CT molecular complexity index is 30.5. The van der Waals surface area contributed by atoms with Crippen LogP contribution in [0.1, 0.15) is 0 Å². The number of rotatable bonds is 3. The quantitative estimate of drug-likeness (QED) is 0.211. The molecule has 4 N–H and O–H groups in total. The van der Waals surface area contributed by atoms with Crippen LogP contribution in [-0.2, 0) is 0 Å². The average Bonchev–Trinajstić information content (AvgIpc) is 1.61. The van der Waals surface area contributed by atoms with Gasteiger partial charge in [-0.15, -0.1) is 16.1 Å². The molecule has 0 saturated heterocycles. The first-order valence-electron chi connectivity index (χ1n) is 1.87. The van der Waals surface area contributed by atoms with Gasteiger partial charge in [0, 0.05) is 0 Å². The van der Waals surface area contributed by atoms with Gasteiger partial charge in [-0.25, -0.2) is 0 Å². The van der Waals surface area contributed by atoms with Gasteiger partial charge in [-0.3, -0.25) is 0 Å². The van der Waals surface area contributed by atoms with Gasteiger partial charge in [-0.2, -0.15) is 0 Å². The summed E-state index contributed by atoms with van der Waals surface area (Å²) in [5.74, 6) is 0. The van der Waals surface area contributed by atoms with Gasteiger partial charge >= 0.3 is 0 Å². The smallest absolute Gasteiger partial charge is 0 e. The van der Waals surface area contributed by atoms with Gasteiger partial charge in [0.15, 0.2) is 0 Å². The predicted molar refractivity (Wildman–Crippen MR) is 28.2 cm³/mol. The second kappa shape index (κ2) is 4690. The maximum Gasteiger partial charge on any atom is 0 e. The van der Waals surface area contributed by atoms with E-state index in [0.29, 0.717) is 6.54 Å². The minimum absolute atomic E-state index is 0. The zero-order valence-electron chi connectivity index (χ0n) is 6.47. The van der Waals surface area contributed by atoms with Crippen molar-refractivity contribution in [2.75, 3.05) is 12.7 Å². The molecular weight excluding hydrogens is 1160 g/mol. The van der Waals surface area contributed by atoms with Crippen LogP contribution in [0.4, 0.5) is 0 Å². The summed E-state index contributed by atoms with van der Waals surface area (Å²) in [6.45, 7) is 0.662. The molecule has 0 rings (SSSR count). The van der Waals surface area contributed by atoms with Crippen molar-refractivity contribution in [3.8, 4) is 0 Å². The van der Waals surface area contributed by atoms with Gasteiger partial charge in [0.05, 0.1) is 0 Å². The van der Waals surface area contributed by atoms with Crippen LogP contribution in [0.15, 0.2) is 0 Å². The topological polar surface area (TPSA) is 52.0 Å². The minimum atomic E-state index is 0. The molecule has 0 aromatic carbocycles. The second-order valence-corrected chi connectivity index (χ2v) is 2.07. The van der Waals surface area contributed by atoms with Crippen LogP contribution in [0.3, 0.4) is 0 Å². The third kappa shape index (κ3) is 54.6. The SMILES string of the molecule is NC[CH-][Si]CN.[Rf].[Rf].[Rf].[Rf]. The summed E-state index contributed by atoms with van der Waals surface area (Å²) in [7, 11) is 0.743. The van der Waals surface area contributed by atoms with Crippen LogP contribution in [0, 0.1) is 6.04 Å². The zero-order valence-corrected chi connectivity index (χ0v) is 33.1. The molecule has 0 saturated carbocycles. The molecule has 0 bridgehead atoms. The van der Waals surface area contributed by atoms with Gasteiger partial charge in [-0.1, -0.05) is 0 Å². The molecule has 0 aliphatic rings. The molecule has 0 aliphatic carbocycles. The first-order chi connectivity index (χ1) is 2.91. The Morgan fingerprint density at radius 2 is 1.40 bits per heavy atom. The molecule has 0 aliphatic heterocycles. The summed E-state index contributed by atoms with van der Waals surface area (Å²) in [5.41, 5.74) is 10.3. The Kier molecular flexibility index (Phi) is 58800. The van der Waals surface area contributed by atoms with E-state index < -0.39 is 0 Å². The van der Waals surface area contributed by atoms with Crippen LogP contribution in [0.2, 0.25) is 0 Å². The Labute approximate surface area is 40.7 Å². The third-order valence-electron chi connectivity index (χ3n) is 0.380. The van der Waals surface area contributed by atoms with E-state index >= 15 is 0 Å². The monoisotopic (exact) mass is 1170 g/mol. The summed E-state index contributed by atoms with van der Waals surface area (Å²) in [6.07, 6.45) is 0.747. The molecule has 44 valence electrons. The van der Waals surface area contributed by atoms with Gasteiger partial charge < -0.3 is 17.5 Å². The molecule has 0 amide bonds. The van der Waals surface area contributed by atoms with Crippen molar-refractivity contribution in [1.29, 1.82) is 0 Å². The van der Waals surface area contributed by atoms with E-state index in [1.54, 1.807) is 0 Å². The van der Waals surface area contributed by atoms with E-state index in [-0.39, 0.29) is 0 Å². The fourth-order valence-corrected chi connectivity index (χ4v) is 0.500. The van der Waals surface area contributed by atoms with Gasteiger partial charge in [0.25, 0.3) is 0 Å². The van der Waals surface area contributed by atoms with E-state index in [1.807, 2.05) is 6.04 Å². The largest absolute Gasteiger partial charge is 0.360 e. The summed E-state index contributed by atoms with van der Waals surface area (Å²) in [4.78, 5) is 0. The van der Waals surface area contributed by atoms with E-state index in [0.717, 1.165) is 15.7 Å². The molecular formula is C3H9N2Rf4Si-. The fourth-order valence-electron chi connectivity index (χ4n) is 0.167. The summed E-state index contributed by atoms with van der Waals surface area (Å²) >= 11 is 0. The maximum atomic E-state index is 5.14. The van der Waals surface area contributed by atoms with E-state index in [2.05, 4.69) is 0 Å². The van der Waals surface area contributed by atoms with Crippen molar-refractivity contribution < 1.29 is 0 Å². The van der Waals surface area contributed by atoms with E-state index in [1.165, 1.54) is 0 Å². The van der Waals surface area contributed by atoms with E-state index in [4.69, 9.17) is 11.5 Å². The molecule has 0 aromatic rings. The molecule has 0 spiro atoms. The molecule has 0 fully saturated rings. The van der Waals surface area contributed by atoms with Crippen molar-refractivity contribution in [3.63, 3.8) is 0 Å². The van der Waals surface area contributed by atoms with Crippen LogP contribution in [-0.4, -0.2) is 22.2 Å². The van der Waals surface area contributed by atoms with Crippen molar-refractivity contribution >= 4 is 9.52 Å².